The van der Waals surface area contributed by atoms with Crippen molar-refractivity contribution in [3.63, 3.8) is 0 Å². The third-order valence-electron chi connectivity index (χ3n) is 1.89. The minimum Gasteiger partial charge on any atom is -0.347 e. The maximum absolute atomic E-state index is 11.5. The molecule has 0 rings (SSSR count). The van der Waals surface area contributed by atoms with E-state index in [0.717, 1.165) is 0 Å². The van der Waals surface area contributed by atoms with Crippen LogP contribution in [-0.4, -0.2) is 68.1 Å². The molecule has 8 heteroatoms. The molecule has 0 heterocycles. The van der Waals surface area contributed by atoms with Crippen LogP contribution in [0.2, 0.25) is 0 Å². The van der Waals surface area contributed by atoms with Crippen molar-refractivity contribution >= 4 is 11.8 Å². The third kappa shape index (κ3) is 7.17. The Morgan fingerprint density at radius 2 is 2.00 bits per heavy atom. The number of amides is 2. The zero-order valence-corrected chi connectivity index (χ0v) is 11.0. The highest BCUT2D eigenvalue weighted by Gasteiger charge is 2.30. The lowest BCUT2D eigenvalue weighted by Gasteiger charge is -2.29. The highest BCUT2D eigenvalue weighted by Crippen LogP contribution is 2.01. The molecule has 2 amide bonds. The molecule has 8 nitrogen and oxygen atoms in total. The van der Waals surface area contributed by atoms with E-state index in [9.17, 15) is 14.7 Å². The van der Waals surface area contributed by atoms with E-state index in [0.29, 0.717) is 0 Å². The van der Waals surface area contributed by atoms with Crippen LogP contribution in [0.15, 0.2) is 0 Å². The van der Waals surface area contributed by atoms with Gasteiger partial charge in [-0.25, -0.2) is 0 Å². The lowest BCUT2D eigenvalue weighted by molar-refractivity contribution is -0.218. The van der Waals surface area contributed by atoms with E-state index in [2.05, 4.69) is 10.6 Å². The summed E-state index contributed by atoms with van der Waals surface area (Å²) in [5.41, 5.74) is 5.11. The number of rotatable bonds is 8. The van der Waals surface area contributed by atoms with Gasteiger partial charge in [-0.05, 0) is 21.0 Å². The summed E-state index contributed by atoms with van der Waals surface area (Å²) >= 11 is 0. The summed E-state index contributed by atoms with van der Waals surface area (Å²) in [6, 6.07) is 0. The number of aliphatic hydroxyl groups is 1. The Balaban J connectivity index is 4.40. The van der Waals surface area contributed by atoms with Crippen molar-refractivity contribution in [3.8, 4) is 0 Å². The molecular weight excluding hydrogens is 240 g/mol. The number of likely N-dealkylation sites (N-methyl/N-ethyl adjacent to an activating group) is 1. The second-order valence-electron chi connectivity index (χ2n) is 3.98. The summed E-state index contributed by atoms with van der Waals surface area (Å²) in [5, 5.41) is 14.7. The van der Waals surface area contributed by atoms with E-state index in [1.165, 1.54) is 0 Å². The minimum absolute atomic E-state index is 0.0974. The predicted octanol–water partition coefficient (Wildman–Crippen LogP) is -2.58. The molecule has 0 aromatic heterocycles. The van der Waals surface area contributed by atoms with Crippen molar-refractivity contribution in [2.24, 2.45) is 5.73 Å². The van der Waals surface area contributed by atoms with E-state index >= 15 is 0 Å². The Kier molecular flexibility index (Phi) is 7.44. The number of ether oxygens (including phenoxy) is 1. The molecule has 0 aromatic rings. The Morgan fingerprint density at radius 3 is 2.44 bits per heavy atom. The first-order chi connectivity index (χ1) is 8.33. The molecule has 0 aliphatic carbocycles. The summed E-state index contributed by atoms with van der Waals surface area (Å²) in [5.74, 6) is -2.79. The fourth-order valence-electron chi connectivity index (χ4n) is 1.21. The zero-order valence-electron chi connectivity index (χ0n) is 11.0. The average Bonchev–Trinajstić information content (AvgIpc) is 2.24. The standard InChI is InChI=1S/C10H22N4O4/c1-4-18-10(17,7-12-8(15)5-11)13-9(16)6-14(2)3/h17H,4-7,11H2,1-3H3,(H,12,15)(H,13,16). The van der Waals surface area contributed by atoms with Gasteiger partial charge in [-0.15, -0.1) is 0 Å². The second-order valence-corrected chi connectivity index (χ2v) is 3.98. The SMILES string of the molecule is CCOC(O)(CNC(=O)CN)NC(=O)CN(C)C. The maximum Gasteiger partial charge on any atom is 0.267 e. The largest absolute Gasteiger partial charge is 0.347 e. The number of hydrogen-bond acceptors (Lipinski definition) is 6. The van der Waals surface area contributed by atoms with Crippen LogP contribution in [0.3, 0.4) is 0 Å². The number of nitrogens with zero attached hydrogens (tertiary/aromatic N) is 1. The monoisotopic (exact) mass is 262 g/mol. The Hall–Kier alpha value is -1.22. The summed E-state index contributed by atoms with van der Waals surface area (Å²) in [4.78, 5) is 24.2. The summed E-state index contributed by atoms with van der Waals surface area (Å²) in [6.45, 7) is 1.47. The van der Waals surface area contributed by atoms with Crippen molar-refractivity contribution in [2.75, 3.05) is 40.3 Å². The topological polar surface area (TPSA) is 117 Å². The zero-order chi connectivity index (χ0) is 14.2. The molecule has 0 saturated heterocycles. The first-order valence-corrected chi connectivity index (χ1v) is 5.61. The van der Waals surface area contributed by atoms with Gasteiger partial charge in [0.1, 0.15) is 0 Å². The van der Waals surface area contributed by atoms with E-state index in [-0.39, 0.29) is 26.2 Å². The molecule has 1 atom stereocenters. The first kappa shape index (κ1) is 16.8. The lowest BCUT2D eigenvalue weighted by atomic mass is 10.4. The quantitative estimate of drug-likeness (QED) is 0.357. The first-order valence-electron chi connectivity index (χ1n) is 5.61. The molecule has 0 fully saturated rings. The van der Waals surface area contributed by atoms with Gasteiger partial charge in [0.05, 0.1) is 19.6 Å². The number of carbonyl (C=O) groups is 2. The van der Waals surface area contributed by atoms with E-state index in [1.54, 1.807) is 25.9 Å². The molecule has 18 heavy (non-hydrogen) atoms. The molecule has 0 aliphatic rings. The van der Waals surface area contributed by atoms with Gasteiger partial charge in [0, 0.05) is 6.61 Å². The van der Waals surface area contributed by atoms with Crippen molar-refractivity contribution in [2.45, 2.75) is 12.8 Å². The van der Waals surface area contributed by atoms with Crippen molar-refractivity contribution < 1.29 is 19.4 Å². The Bertz CT molecular complexity index is 285. The van der Waals surface area contributed by atoms with E-state index in [1.807, 2.05) is 0 Å². The molecule has 0 bridgehead atoms. The molecule has 0 aromatic carbocycles. The summed E-state index contributed by atoms with van der Waals surface area (Å²) < 4.78 is 5.03. The maximum atomic E-state index is 11.5. The van der Waals surface area contributed by atoms with Crippen LogP contribution in [0.5, 0.6) is 0 Å². The van der Waals surface area contributed by atoms with Gasteiger partial charge in [-0.1, -0.05) is 0 Å². The van der Waals surface area contributed by atoms with Gasteiger partial charge in [-0.2, -0.15) is 0 Å². The second kappa shape index (κ2) is 7.98. The van der Waals surface area contributed by atoms with E-state index < -0.39 is 17.7 Å². The van der Waals surface area contributed by atoms with Crippen LogP contribution in [0, 0.1) is 0 Å². The van der Waals surface area contributed by atoms with Crippen LogP contribution in [-0.2, 0) is 14.3 Å². The molecular formula is C10H22N4O4. The molecule has 0 radical (unpaired) electrons. The summed E-state index contributed by atoms with van der Waals surface area (Å²) in [7, 11) is 3.44. The van der Waals surface area contributed by atoms with Gasteiger partial charge in [-0.3, -0.25) is 9.59 Å². The van der Waals surface area contributed by atoms with Gasteiger partial charge in [0.2, 0.25) is 11.8 Å². The molecule has 0 aliphatic heterocycles. The Morgan fingerprint density at radius 1 is 1.39 bits per heavy atom. The fourth-order valence-corrected chi connectivity index (χ4v) is 1.21. The fraction of sp³-hybridized carbons (Fsp3) is 0.800. The van der Waals surface area contributed by atoms with Crippen LogP contribution < -0.4 is 16.4 Å². The molecule has 0 saturated carbocycles. The number of nitrogens with one attached hydrogen (secondary N) is 2. The summed E-state index contributed by atoms with van der Waals surface area (Å²) in [6.07, 6.45) is 0. The predicted molar refractivity (Wildman–Crippen MR) is 65.3 cm³/mol. The van der Waals surface area contributed by atoms with Crippen molar-refractivity contribution in [1.29, 1.82) is 0 Å². The number of hydrogen-bond donors (Lipinski definition) is 4. The number of carbonyl (C=O) groups excluding carboxylic acids is 2. The highest BCUT2D eigenvalue weighted by atomic mass is 16.6. The average molecular weight is 262 g/mol. The van der Waals surface area contributed by atoms with Crippen LogP contribution >= 0.6 is 0 Å². The third-order valence-corrected chi connectivity index (χ3v) is 1.89. The molecule has 0 spiro atoms. The van der Waals surface area contributed by atoms with Crippen LogP contribution in [0.25, 0.3) is 0 Å². The van der Waals surface area contributed by atoms with Crippen LogP contribution in [0.4, 0.5) is 0 Å². The lowest BCUT2D eigenvalue weighted by Crippen LogP contribution is -2.59. The van der Waals surface area contributed by atoms with Crippen LogP contribution in [0.1, 0.15) is 6.92 Å². The van der Waals surface area contributed by atoms with Gasteiger partial charge in [0.15, 0.2) is 0 Å². The smallest absolute Gasteiger partial charge is 0.267 e. The minimum atomic E-state index is -1.92. The van der Waals surface area contributed by atoms with Gasteiger partial charge in [0.25, 0.3) is 5.91 Å². The molecule has 1 unspecified atom stereocenters. The normalized spacial score (nSPS) is 14.1. The Labute approximate surface area is 106 Å². The molecule has 106 valence electrons. The van der Waals surface area contributed by atoms with E-state index in [4.69, 9.17) is 10.5 Å². The van der Waals surface area contributed by atoms with Gasteiger partial charge >= 0.3 is 0 Å². The van der Waals surface area contributed by atoms with Gasteiger partial charge < -0.3 is 31.1 Å². The van der Waals surface area contributed by atoms with Crippen molar-refractivity contribution in [1.82, 2.24) is 15.5 Å². The highest BCUT2D eigenvalue weighted by molar-refractivity contribution is 5.79. The van der Waals surface area contributed by atoms with Crippen molar-refractivity contribution in [3.05, 3.63) is 0 Å². The number of nitrogens with two attached hydrogens (primary N) is 1. The molecule has 5 N–H and O–H groups in total.